The Bertz CT molecular complexity index is 1180. The van der Waals surface area contributed by atoms with Gasteiger partial charge in [-0.05, 0) is 35.2 Å². The fourth-order valence-corrected chi connectivity index (χ4v) is 4.60. The van der Waals surface area contributed by atoms with Gasteiger partial charge in [-0.2, -0.15) is 0 Å². The van der Waals surface area contributed by atoms with Gasteiger partial charge in [0.15, 0.2) is 5.16 Å². The lowest BCUT2D eigenvalue weighted by Gasteiger charge is -2.11. The van der Waals surface area contributed by atoms with Crippen molar-refractivity contribution in [3.8, 4) is 0 Å². The Kier molecular flexibility index (Phi) is 4.57. The number of aromatic nitrogens is 3. The highest BCUT2D eigenvalue weighted by Crippen LogP contribution is 2.27. The van der Waals surface area contributed by atoms with Crippen LogP contribution in [0.5, 0.6) is 0 Å². The molecule has 4 nitrogen and oxygen atoms in total. The number of allylic oxidation sites excluding steroid dienone is 1. The molecular weight excluding hydrogens is 369 g/mol. The van der Waals surface area contributed by atoms with E-state index in [1.165, 1.54) is 35.2 Å². The summed E-state index contributed by atoms with van der Waals surface area (Å²) in [5.74, 6) is 0.164. The van der Waals surface area contributed by atoms with Gasteiger partial charge in [0.2, 0.25) is 0 Å². The molecule has 0 spiro atoms. The van der Waals surface area contributed by atoms with Crippen LogP contribution in [-0.2, 0) is 12.3 Å². The van der Waals surface area contributed by atoms with E-state index >= 15 is 0 Å². The predicted molar refractivity (Wildman–Crippen MR) is 105 cm³/mol. The molecule has 0 atom stereocenters. The lowest BCUT2D eigenvalue weighted by atomic mass is 10.1. The zero-order valence-electron chi connectivity index (χ0n) is 13.7. The number of thiophene rings is 1. The Morgan fingerprint density at radius 1 is 1.35 bits per heavy atom. The van der Waals surface area contributed by atoms with Crippen molar-refractivity contribution in [2.45, 2.75) is 17.5 Å². The number of rotatable bonds is 5. The Morgan fingerprint density at radius 3 is 3.08 bits per heavy atom. The Labute approximate surface area is 157 Å². The fraction of sp³-hybridized carbons (Fsp3) is 0.105. The van der Waals surface area contributed by atoms with E-state index < -0.39 is 0 Å². The molecule has 0 radical (unpaired) electrons. The molecule has 130 valence electrons. The van der Waals surface area contributed by atoms with Gasteiger partial charge >= 0.3 is 0 Å². The summed E-state index contributed by atoms with van der Waals surface area (Å²) in [5.41, 5.74) is 1.45. The minimum absolute atomic E-state index is 0.0825. The van der Waals surface area contributed by atoms with Crippen LogP contribution in [0.2, 0.25) is 0 Å². The molecule has 4 aromatic rings. The van der Waals surface area contributed by atoms with Gasteiger partial charge in [0.25, 0.3) is 5.56 Å². The standard InChI is InChI=1S/C19H14FN3OS2/c1-2-7-23-18(24)15-5-8-25-17(15)22-19(23)26-11-13-10-14(20)9-12-4-3-6-21-16(12)13/h2-6,8-10H,1,7,11H2. The van der Waals surface area contributed by atoms with Crippen LogP contribution in [0.15, 0.2) is 64.5 Å². The first-order valence-electron chi connectivity index (χ1n) is 7.92. The molecule has 0 amide bonds. The molecule has 26 heavy (non-hydrogen) atoms. The summed E-state index contributed by atoms with van der Waals surface area (Å²) in [6.45, 7) is 4.10. The van der Waals surface area contributed by atoms with E-state index in [0.717, 1.165) is 16.5 Å². The van der Waals surface area contributed by atoms with Crippen LogP contribution in [-0.4, -0.2) is 14.5 Å². The Hall–Kier alpha value is -2.51. The second-order valence-corrected chi connectivity index (χ2v) is 7.50. The van der Waals surface area contributed by atoms with E-state index in [1.54, 1.807) is 29.0 Å². The van der Waals surface area contributed by atoms with Crippen molar-refractivity contribution in [3.63, 3.8) is 0 Å². The summed E-state index contributed by atoms with van der Waals surface area (Å²) in [7, 11) is 0. The van der Waals surface area contributed by atoms with Gasteiger partial charge < -0.3 is 0 Å². The molecule has 3 aromatic heterocycles. The largest absolute Gasteiger partial charge is 0.283 e. The van der Waals surface area contributed by atoms with Crippen molar-refractivity contribution in [2.24, 2.45) is 0 Å². The third kappa shape index (κ3) is 3.04. The lowest BCUT2D eigenvalue weighted by Crippen LogP contribution is -2.22. The minimum atomic E-state index is -0.300. The number of hydrogen-bond acceptors (Lipinski definition) is 5. The summed E-state index contributed by atoms with van der Waals surface area (Å²) in [5, 5.41) is 3.82. The van der Waals surface area contributed by atoms with Gasteiger partial charge in [-0.1, -0.05) is 23.9 Å². The van der Waals surface area contributed by atoms with Crippen LogP contribution in [0.3, 0.4) is 0 Å². The summed E-state index contributed by atoms with van der Waals surface area (Å²) in [6.07, 6.45) is 3.36. The van der Waals surface area contributed by atoms with E-state index in [9.17, 15) is 9.18 Å². The number of thioether (sulfide) groups is 1. The third-order valence-corrected chi connectivity index (χ3v) is 5.80. The van der Waals surface area contributed by atoms with E-state index in [2.05, 4.69) is 16.5 Å². The normalized spacial score (nSPS) is 11.3. The summed E-state index contributed by atoms with van der Waals surface area (Å²) >= 11 is 2.83. The molecule has 0 saturated heterocycles. The van der Waals surface area contributed by atoms with E-state index in [-0.39, 0.29) is 11.4 Å². The summed E-state index contributed by atoms with van der Waals surface area (Å²) < 4.78 is 15.5. The zero-order chi connectivity index (χ0) is 18.1. The molecule has 3 heterocycles. The smallest absolute Gasteiger partial charge is 0.263 e. The molecule has 0 fully saturated rings. The van der Waals surface area contributed by atoms with Crippen LogP contribution in [0, 0.1) is 5.82 Å². The monoisotopic (exact) mass is 383 g/mol. The van der Waals surface area contributed by atoms with Crippen LogP contribution in [0.1, 0.15) is 5.56 Å². The van der Waals surface area contributed by atoms with Crippen molar-refractivity contribution in [1.29, 1.82) is 0 Å². The Balaban J connectivity index is 1.75. The highest BCUT2D eigenvalue weighted by atomic mass is 32.2. The topological polar surface area (TPSA) is 47.8 Å². The molecule has 0 saturated carbocycles. The molecule has 7 heteroatoms. The van der Waals surface area contributed by atoms with Gasteiger partial charge in [0, 0.05) is 23.9 Å². The molecule has 0 aliphatic rings. The molecular formula is C19H14FN3OS2. The molecule has 1 aromatic carbocycles. The van der Waals surface area contributed by atoms with Gasteiger partial charge in [-0.15, -0.1) is 17.9 Å². The van der Waals surface area contributed by atoms with E-state index in [1.807, 2.05) is 11.4 Å². The van der Waals surface area contributed by atoms with Crippen molar-refractivity contribution < 1.29 is 4.39 Å². The third-order valence-electron chi connectivity index (χ3n) is 3.97. The van der Waals surface area contributed by atoms with Crippen LogP contribution in [0.4, 0.5) is 4.39 Å². The first-order valence-corrected chi connectivity index (χ1v) is 9.79. The van der Waals surface area contributed by atoms with E-state index in [4.69, 9.17) is 0 Å². The lowest BCUT2D eigenvalue weighted by molar-refractivity contribution is 0.628. The van der Waals surface area contributed by atoms with Crippen molar-refractivity contribution >= 4 is 44.2 Å². The Morgan fingerprint density at radius 2 is 2.23 bits per heavy atom. The van der Waals surface area contributed by atoms with Crippen molar-refractivity contribution in [3.05, 3.63) is 76.3 Å². The van der Waals surface area contributed by atoms with Gasteiger partial charge in [-0.25, -0.2) is 9.37 Å². The number of benzene rings is 1. The first kappa shape index (κ1) is 16.9. The molecule has 0 aliphatic carbocycles. The fourth-order valence-electron chi connectivity index (χ4n) is 2.81. The predicted octanol–water partition coefficient (Wildman–Crippen LogP) is 4.62. The SMILES string of the molecule is C=CCn1c(SCc2cc(F)cc3cccnc23)nc2sccc2c1=O. The quantitative estimate of drug-likeness (QED) is 0.287. The van der Waals surface area contributed by atoms with Crippen molar-refractivity contribution in [1.82, 2.24) is 14.5 Å². The maximum atomic E-state index is 13.9. The molecule has 0 bridgehead atoms. The average molecular weight is 383 g/mol. The first-order chi connectivity index (χ1) is 12.7. The van der Waals surface area contributed by atoms with Gasteiger partial charge in [0.1, 0.15) is 10.6 Å². The average Bonchev–Trinajstić information content (AvgIpc) is 3.11. The highest BCUT2D eigenvalue weighted by Gasteiger charge is 2.13. The summed E-state index contributed by atoms with van der Waals surface area (Å²) in [6, 6.07) is 8.37. The van der Waals surface area contributed by atoms with E-state index in [0.29, 0.717) is 27.7 Å². The van der Waals surface area contributed by atoms with Gasteiger partial charge in [0.05, 0.1) is 10.9 Å². The maximum absolute atomic E-state index is 13.9. The van der Waals surface area contributed by atoms with Crippen LogP contribution >= 0.6 is 23.1 Å². The minimum Gasteiger partial charge on any atom is -0.283 e. The number of pyridine rings is 1. The second-order valence-electron chi connectivity index (χ2n) is 5.67. The molecule has 0 unspecified atom stereocenters. The number of nitrogens with zero attached hydrogens (tertiary/aromatic N) is 3. The molecule has 0 aliphatic heterocycles. The summed E-state index contributed by atoms with van der Waals surface area (Å²) in [4.78, 5) is 22.4. The molecule has 0 N–H and O–H groups in total. The van der Waals surface area contributed by atoms with Gasteiger partial charge in [-0.3, -0.25) is 14.3 Å². The molecule has 4 rings (SSSR count). The van der Waals surface area contributed by atoms with Crippen molar-refractivity contribution in [2.75, 3.05) is 0 Å². The number of hydrogen-bond donors (Lipinski definition) is 0. The number of fused-ring (bicyclic) bond motifs is 2. The van der Waals surface area contributed by atoms with Crippen LogP contribution in [0.25, 0.3) is 21.1 Å². The number of halogens is 1. The highest BCUT2D eigenvalue weighted by molar-refractivity contribution is 7.98. The second kappa shape index (κ2) is 7.01. The zero-order valence-corrected chi connectivity index (χ0v) is 15.3. The van der Waals surface area contributed by atoms with Crippen LogP contribution < -0.4 is 5.56 Å². The maximum Gasteiger partial charge on any atom is 0.263 e.